The lowest BCUT2D eigenvalue weighted by atomic mass is 10.0. The number of hydrogen-bond donors (Lipinski definition) is 2. The first kappa shape index (κ1) is 20.5. The number of amides is 1. The fraction of sp³-hybridized carbons (Fsp3) is 0.208. The molecular weight excluding hydrogens is 428 g/mol. The highest BCUT2D eigenvalue weighted by Gasteiger charge is 2.28. The molecule has 0 saturated heterocycles. The fourth-order valence-corrected chi connectivity index (χ4v) is 5.14. The van der Waals surface area contributed by atoms with Crippen LogP contribution in [0.1, 0.15) is 18.4 Å². The molecule has 0 unspecified atom stereocenters. The van der Waals surface area contributed by atoms with E-state index < -0.39 is 10.0 Å². The Morgan fingerprint density at radius 2 is 1.94 bits per heavy atom. The van der Waals surface area contributed by atoms with E-state index in [9.17, 15) is 13.2 Å². The van der Waals surface area contributed by atoms with Gasteiger partial charge in [-0.15, -0.1) is 0 Å². The number of carbonyl (C=O) groups excluding carboxylic acids is 1. The number of benzene rings is 3. The lowest BCUT2D eigenvalue weighted by molar-refractivity contribution is -0.115. The predicted octanol–water partition coefficient (Wildman–Crippen LogP) is 4.22. The maximum atomic E-state index is 12.9. The molecule has 164 valence electrons. The number of hydrogen-bond acceptors (Lipinski definition) is 5. The number of ether oxygens (including phenoxy) is 1. The normalized spacial score (nSPS) is 14.0. The monoisotopic (exact) mass is 450 g/mol. The molecule has 0 atom stereocenters. The largest absolute Gasteiger partial charge is 0.495 e. The summed E-state index contributed by atoms with van der Waals surface area (Å²) < 4.78 is 38.8. The molecule has 0 radical (unpaired) electrons. The summed E-state index contributed by atoms with van der Waals surface area (Å²) >= 11 is 0. The van der Waals surface area contributed by atoms with E-state index in [-0.39, 0.29) is 23.3 Å². The van der Waals surface area contributed by atoms with Crippen LogP contribution < -0.4 is 14.8 Å². The molecule has 4 aromatic rings. The van der Waals surface area contributed by atoms with Crippen molar-refractivity contribution in [3.63, 3.8) is 0 Å². The molecule has 1 heterocycles. The molecule has 7 nitrogen and oxygen atoms in total. The van der Waals surface area contributed by atoms with E-state index in [1.165, 1.54) is 25.3 Å². The molecule has 1 amide bonds. The molecule has 1 aromatic heterocycles. The van der Waals surface area contributed by atoms with E-state index in [2.05, 4.69) is 10.0 Å². The zero-order valence-electron chi connectivity index (χ0n) is 17.4. The average molecular weight is 451 g/mol. The van der Waals surface area contributed by atoms with Crippen molar-refractivity contribution in [1.82, 2.24) is 4.72 Å². The third-order valence-corrected chi connectivity index (χ3v) is 7.06. The topological polar surface area (TPSA) is 97.6 Å². The van der Waals surface area contributed by atoms with Gasteiger partial charge in [-0.25, -0.2) is 13.1 Å². The molecule has 0 spiro atoms. The number of furan rings is 1. The van der Waals surface area contributed by atoms with Gasteiger partial charge in [-0.2, -0.15) is 0 Å². The van der Waals surface area contributed by atoms with Crippen molar-refractivity contribution in [3.05, 3.63) is 66.4 Å². The highest BCUT2D eigenvalue weighted by atomic mass is 32.2. The zero-order valence-corrected chi connectivity index (χ0v) is 18.2. The van der Waals surface area contributed by atoms with Gasteiger partial charge in [0.2, 0.25) is 15.9 Å². The van der Waals surface area contributed by atoms with E-state index in [0.717, 1.165) is 34.6 Å². The van der Waals surface area contributed by atoms with Crippen LogP contribution in [0.25, 0.3) is 21.7 Å². The molecule has 0 aliphatic heterocycles. The molecule has 5 rings (SSSR count). The van der Waals surface area contributed by atoms with Gasteiger partial charge in [-0.3, -0.25) is 4.79 Å². The number of nitrogens with one attached hydrogen (secondary N) is 2. The predicted molar refractivity (Wildman–Crippen MR) is 122 cm³/mol. The van der Waals surface area contributed by atoms with Gasteiger partial charge in [-0.1, -0.05) is 30.3 Å². The van der Waals surface area contributed by atoms with E-state index in [1.807, 2.05) is 36.4 Å². The zero-order chi connectivity index (χ0) is 22.3. The first-order valence-corrected chi connectivity index (χ1v) is 11.8. The Morgan fingerprint density at radius 3 is 2.72 bits per heavy atom. The summed E-state index contributed by atoms with van der Waals surface area (Å²) in [4.78, 5) is 13.0. The SMILES string of the molecule is COc1ccc(S(=O)(=O)NC2CC2)cc1NC(=O)Cc1coc2ccc3ccccc3c12. The van der Waals surface area contributed by atoms with Crippen molar-refractivity contribution < 1.29 is 22.4 Å². The molecule has 32 heavy (non-hydrogen) atoms. The van der Waals surface area contributed by atoms with Crippen LogP contribution in [0.5, 0.6) is 5.75 Å². The third kappa shape index (κ3) is 3.94. The summed E-state index contributed by atoms with van der Waals surface area (Å²) in [6.45, 7) is 0. The van der Waals surface area contributed by atoms with Gasteiger partial charge >= 0.3 is 0 Å². The van der Waals surface area contributed by atoms with Crippen molar-refractivity contribution in [2.24, 2.45) is 0 Å². The van der Waals surface area contributed by atoms with Gasteiger partial charge in [-0.05, 0) is 47.9 Å². The van der Waals surface area contributed by atoms with Crippen molar-refractivity contribution in [3.8, 4) is 5.75 Å². The molecular formula is C24H22N2O5S. The summed E-state index contributed by atoms with van der Waals surface area (Å²) in [7, 11) is -2.19. The Hall–Kier alpha value is -3.36. The quantitative estimate of drug-likeness (QED) is 0.439. The Bertz CT molecular complexity index is 1440. The Kier molecular flexibility index (Phi) is 5.11. The van der Waals surface area contributed by atoms with E-state index >= 15 is 0 Å². The van der Waals surface area contributed by atoms with Gasteiger partial charge in [0.1, 0.15) is 11.3 Å². The summed E-state index contributed by atoms with van der Waals surface area (Å²) in [6, 6.07) is 16.2. The highest BCUT2D eigenvalue weighted by molar-refractivity contribution is 7.89. The number of rotatable bonds is 7. The summed E-state index contributed by atoms with van der Waals surface area (Å²) in [5.41, 5.74) is 1.77. The van der Waals surface area contributed by atoms with Crippen LogP contribution >= 0.6 is 0 Å². The molecule has 0 bridgehead atoms. The molecule has 3 aromatic carbocycles. The third-order valence-electron chi connectivity index (χ3n) is 5.55. The minimum absolute atomic E-state index is 0.00987. The van der Waals surface area contributed by atoms with Gasteiger partial charge < -0.3 is 14.5 Å². The molecule has 8 heteroatoms. The highest BCUT2D eigenvalue weighted by Crippen LogP contribution is 2.32. The Morgan fingerprint density at radius 1 is 1.12 bits per heavy atom. The molecule has 1 saturated carbocycles. The average Bonchev–Trinajstić information content (AvgIpc) is 3.50. The molecule has 2 N–H and O–H groups in total. The van der Waals surface area contributed by atoms with Gasteiger partial charge in [0.05, 0.1) is 30.4 Å². The van der Waals surface area contributed by atoms with Crippen molar-refractivity contribution >= 4 is 43.4 Å². The first-order valence-electron chi connectivity index (χ1n) is 10.3. The number of methoxy groups -OCH3 is 1. The second-order valence-electron chi connectivity index (χ2n) is 7.90. The van der Waals surface area contributed by atoms with Crippen LogP contribution in [-0.4, -0.2) is 27.5 Å². The van der Waals surface area contributed by atoms with Crippen LogP contribution in [0, 0.1) is 0 Å². The van der Waals surface area contributed by atoms with Crippen LogP contribution in [-0.2, 0) is 21.2 Å². The second kappa shape index (κ2) is 7.96. The van der Waals surface area contributed by atoms with E-state index in [4.69, 9.17) is 9.15 Å². The van der Waals surface area contributed by atoms with Crippen LogP contribution in [0.4, 0.5) is 5.69 Å². The smallest absolute Gasteiger partial charge is 0.240 e. The minimum atomic E-state index is -3.66. The molecule has 1 aliphatic rings. The Balaban J connectivity index is 1.43. The summed E-state index contributed by atoms with van der Waals surface area (Å²) in [5.74, 6) is 0.0786. The maximum Gasteiger partial charge on any atom is 0.240 e. The number of anilines is 1. The number of sulfonamides is 1. The standard InChI is InChI=1S/C24H22N2O5S/c1-30-21-11-9-18(32(28,29)26-17-7-8-17)13-20(21)25-23(27)12-16-14-31-22-10-6-15-4-2-3-5-19(15)24(16)22/h2-6,9-11,13-14,17,26H,7-8,12H2,1H3,(H,25,27). The minimum Gasteiger partial charge on any atom is -0.495 e. The lowest BCUT2D eigenvalue weighted by Gasteiger charge is -2.13. The lowest BCUT2D eigenvalue weighted by Crippen LogP contribution is -2.26. The van der Waals surface area contributed by atoms with Crippen molar-refractivity contribution in [2.45, 2.75) is 30.2 Å². The van der Waals surface area contributed by atoms with E-state index in [1.54, 1.807) is 6.26 Å². The van der Waals surface area contributed by atoms with Crippen molar-refractivity contribution in [1.29, 1.82) is 0 Å². The van der Waals surface area contributed by atoms with Crippen LogP contribution in [0.3, 0.4) is 0 Å². The molecule has 1 fully saturated rings. The summed E-state index contributed by atoms with van der Waals surface area (Å²) in [5, 5.41) is 5.77. The van der Waals surface area contributed by atoms with Gasteiger partial charge in [0, 0.05) is 17.0 Å². The van der Waals surface area contributed by atoms with Crippen LogP contribution in [0.15, 0.2) is 70.2 Å². The number of fused-ring (bicyclic) bond motifs is 3. The maximum absolute atomic E-state index is 12.9. The van der Waals surface area contributed by atoms with Gasteiger partial charge in [0.15, 0.2) is 0 Å². The van der Waals surface area contributed by atoms with Crippen molar-refractivity contribution in [2.75, 3.05) is 12.4 Å². The fourth-order valence-electron chi connectivity index (χ4n) is 3.81. The Labute approximate surface area is 185 Å². The van der Waals surface area contributed by atoms with Gasteiger partial charge in [0.25, 0.3) is 0 Å². The second-order valence-corrected chi connectivity index (χ2v) is 9.62. The number of carbonyl (C=O) groups is 1. The first-order chi connectivity index (χ1) is 15.4. The van der Waals surface area contributed by atoms with Crippen LogP contribution in [0.2, 0.25) is 0 Å². The molecule has 1 aliphatic carbocycles. The van der Waals surface area contributed by atoms with E-state index in [0.29, 0.717) is 17.0 Å². The summed E-state index contributed by atoms with van der Waals surface area (Å²) in [6.07, 6.45) is 3.34.